The lowest BCUT2D eigenvalue weighted by Gasteiger charge is -2.08. The van der Waals surface area contributed by atoms with Crippen molar-refractivity contribution in [3.63, 3.8) is 0 Å². The molecule has 0 spiro atoms. The van der Waals surface area contributed by atoms with Crippen LogP contribution in [0.2, 0.25) is 0 Å². The van der Waals surface area contributed by atoms with Crippen LogP contribution >= 0.6 is 0 Å². The van der Waals surface area contributed by atoms with Gasteiger partial charge in [-0.1, -0.05) is 13.8 Å². The molecule has 0 unspecified atom stereocenters. The molecule has 0 aliphatic heterocycles. The van der Waals surface area contributed by atoms with E-state index >= 15 is 0 Å². The maximum absolute atomic E-state index is 9.89. The summed E-state index contributed by atoms with van der Waals surface area (Å²) in [5.74, 6) is 0. The van der Waals surface area contributed by atoms with Gasteiger partial charge >= 0.3 is 0 Å². The Morgan fingerprint density at radius 3 is 1.42 bits per heavy atom. The van der Waals surface area contributed by atoms with Crippen LogP contribution in [0.4, 0.5) is 0 Å². The number of hydrogen-bond acceptors (Lipinski definition) is 2. The lowest BCUT2D eigenvalue weighted by molar-refractivity contribution is -0.117. The zero-order chi connectivity index (χ0) is 10.4. The smallest absolute Gasteiger partial charge is 0.209 e. The van der Waals surface area contributed by atoms with E-state index in [1.807, 2.05) is 41.8 Å². The van der Waals surface area contributed by atoms with E-state index in [4.69, 9.17) is 0 Å². The summed E-state index contributed by atoms with van der Waals surface area (Å²) in [6.45, 7) is 9.55. The third-order valence-corrected chi connectivity index (χ3v) is 0.961. The highest BCUT2D eigenvalue weighted by molar-refractivity contribution is 5.46. The van der Waals surface area contributed by atoms with Crippen LogP contribution in [-0.4, -0.2) is 38.5 Å². The average Bonchev–Trinajstić information content (AvgIpc) is 2.12. The Labute approximate surface area is 77.1 Å². The van der Waals surface area contributed by atoms with Gasteiger partial charge in [0.15, 0.2) is 0 Å². The zero-order valence-corrected chi connectivity index (χ0v) is 9.35. The fraction of sp³-hybridized carbons (Fsp3) is 0.889. The first-order valence-electron chi connectivity index (χ1n) is 4.54. The number of rotatable bonds is 3. The van der Waals surface area contributed by atoms with Crippen LogP contribution in [0.1, 0.15) is 27.7 Å². The fourth-order valence-corrected chi connectivity index (χ4v) is 0.373. The van der Waals surface area contributed by atoms with Crippen molar-refractivity contribution in [3.8, 4) is 0 Å². The summed E-state index contributed by atoms with van der Waals surface area (Å²) in [7, 11) is 3.75. The van der Waals surface area contributed by atoms with E-state index in [1.54, 1.807) is 4.90 Å². The van der Waals surface area contributed by atoms with Crippen LogP contribution in [0.5, 0.6) is 0 Å². The maximum atomic E-state index is 9.89. The minimum atomic E-state index is 0.819. The van der Waals surface area contributed by atoms with Crippen molar-refractivity contribution >= 4 is 6.41 Å². The lowest BCUT2D eigenvalue weighted by atomic mass is 10.6. The summed E-state index contributed by atoms with van der Waals surface area (Å²) in [5, 5.41) is 2.75. The number of nitrogens with zero attached hydrogens (tertiary/aromatic N) is 1. The second-order valence-corrected chi connectivity index (χ2v) is 1.83. The Balaban J connectivity index is -0.000000137. The highest BCUT2D eigenvalue weighted by Gasteiger charge is 1.87. The molecular formula is C9H24N2O. The third kappa shape index (κ3) is 22.7. The first-order chi connectivity index (χ1) is 5.76. The van der Waals surface area contributed by atoms with Crippen molar-refractivity contribution in [3.05, 3.63) is 0 Å². The predicted octanol–water partition coefficient (Wildman–Crippen LogP) is 1.35. The van der Waals surface area contributed by atoms with Crippen LogP contribution in [0.3, 0.4) is 0 Å². The molecule has 0 bridgehead atoms. The van der Waals surface area contributed by atoms with Crippen molar-refractivity contribution in [2.24, 2.45) is 0 Å². The van der Waals surface area contributed by atoms with Crippen LogP contribution in [0.15, 0.2) is 0 Å². The van der Waals surface area contributed by atoms with E-state index in [0.29, 0.717) is 0 Å². The molecule has 0 atom stereocenters. The van der Waals surface area contributed by atoms with Gasteiger partial charge in [0.25, 0.3) is 0 Å². The molecule has 0 saturated carbocycles. The van der Waals surface area contributed by atoms with Crippen LogP contribution in [-0.2, 0) is 4.79 Å². The van der Waals surface area contributed by atoms with E-state index in [1.165, 1.54) is 0 Å². The van der Waals surface area contributed by atoms with Crippen LogP contribution < -0.4 is 5.32 Å². The van der Waals surface area contributed by atoms with Crippen LogP contribution in [0, 0.1) is 0 Å². The topological polar surface area (TPSA) is 32.3 Å². The minimum Gasteiger partial charge on any atom is -0.346 e. The van der Waals surface area contributed by atoms with Gasteiger partial charge in [-0.2, -0.15) is 0 Å². The highest BCUT2D eigenvalue weighted by atomic mass is 16.1. The van der Waals surface area contributed by atoms with Crippen molar-refractivity contribution in [1.82, 2.24) is 10.2 Å². The fourth-order valence-electron chi connectivity index (χ4n) is 0.373. The number of carbonyl (C=O) groups is 1. The number of hydrogen-bond donors (Lipinski definition) is 1. The summed E-state index contributed by atoms with van der Waals surface area (Å²) >= 11 is 0. The summed E-state index contributed by atoms with van der Waals surface area (Å²) in [6.07, 6.45) is 0.861. The molecule has 0 aromatic rings. The van der Waals surface area contributed by atoms with Gasteiger partial charge < -0.3 is 10.2 Å². The Morgan fingerprint density at radius 2 is 1.42 bits per heavy atom. The molecule has 3 heteroatoms. The molecule has 1 amide bonds. The Bertz CT molecular complexity index is 63.5. The van der Waals surface area contributed by atoms with Gasteiger partial charge in [0, 0.05) is 13.1 Å². The van der Waals surface area contributed by atoms with Crippen molar-refractivity contribution < 1.29 is 4.79 Å². The second-order valence-electron chi connectivity index (χ2n) is 1.83. The van der Waals surface area contributed by atoms with Gasteiger partial charge in [-0.15, -0.1) is 0 Å². The quantitative estimate of drug-likeness (QED) is 0.658. The van der Waals surface area contributed by atoms with Crippen molar-refractivity contribution in [1.29, 1.82) is 0 Å². The van der Waals surface area contributed by atoms with Gasteiger partial charge in [0.1, 0.15) is 0 Å². The molecule has 0 heterocycles. The molecule has 3 nitrogen and oxygen atoms in total. The highest BCUT2D eigenvalue weighted by Crippen LogP contribution is 1.75. The largest absolute Gasteiger partial charge is 0.346 e. The number of carbonyl (C=O) groups excluding carboxylic acids is 1. The van der Waals surface area contributed by atoms with Gasteiger partial charge in [0.2, 0.25) is 6.41 Å². The predicted molar refractivity (Wildman–Crippen MR) is 55.3 cm³/mol. The minimum absolute atomic E-state index is 0.819. The van der Waals surface area contributed by atoms with Gasteiger partial charge in [-0.25, -0.2) is 0 Å². The first kappa shape index (κ1) is 17.5. The molecule has 0 radical (unpaired) electrons. The molecule has 0 aliphatic rings. The summed E-state index contributed by atoms with van der Waals surface area (Å²) < 4.78 is 0. The lowest BCUT2D eigenvalue weighted by Crippen LogP contribution is -2.19. The van der Waals surface area contributed by atoms with E-state index in [9.17, 15) is 4.79 Å². The van der Waals surface area contributed by atoms with E-state index < -0.39 is 0 Å². The van der Waals surface area contributed by atoms with Gasteiger partial charge in [-0.05, 0) is 27.9 Å². The molecular weight excluding hydrogens is 152 g/mol. The zero-order valence-electron chi connectivity index (χ0n) is 9.35. The summed E-state index contributed by atoms with van der Waals surface area (Å²) in [4.78, 5) is 11.6. The first-order valence-corrected chi connectivity index (χ1v) is 4.54. The van der Waals surface area contributed by atoms with E-state index in [-0.39, 0.29) is 0 Å². The molecule has 0 fully saturated rings. The SMILES string of the molecule is CC.CCN(C=O)CC.CNC. The Morgan fingerprint density at radius 1 is 1.17 bits per heavy atom. The molecule has 12 heavy (non-hydrogen) atoms. The Hall–Kier alpha value is -0.570. The standard InChI is InChI=1S/C5H11NO.C2H7N.C2H6/c1-3-6(4-2)5-7;1-3-2;1-2/h5H,3-4H2,1-2H3;3H,1-2H3;1-2H3. The molecule has 76 valence electrons. The Kier molecular flexibility index (Phi) is 32.7. The normalized spacial score (nSPS) is 6.83. The van der Waals surface area contributed by atoms with Crippen LogP contribution in [0.25, 0.3) is 0 Å². The maximum Gasteiger partial charge on any atom is 0.209 e. The number of amides is 1. The van der Waals surface area contributed by atoms with Crippen molar-refractivity contribution in [2.45, 2.75) is 27.7 Å². The molecule has 0 aromatic carbocycles. The van der Waals surface area contributed by atoms with Gasteiger partial charge in [-0.3, -0.25) is 4.79 Å². The third-order valence-electron chi connectivity index (χ3n) is 0.961. The second kappa shape index (κ2) is 22.4. The molecule has 0 rings (SSSR count). The molecule has 1 N–H and O–H groups in total. The van der Waals surface area contributed by atoms with E-state index in [2.05, 4.69) is 5.32 Å². The summed E-state index contributed by atoms with van der Waals surface area (Å²) in [6, 6.07) is 0. The average molecular weight is 176 g/mol. The monoisotopic (exact) mass is 176 g/mol. The number of nitrogens with one attached hydrogen (secondary N) is 1. The van der Waals surface area contributed by atoms with Gasteiger partial charge in [0.05, 0.1) is 0 Å². The molecule has 0 aliphatic carbocycles. The molecule has 0 aromatic heterocycles. The molecule has 0 saturated heterocycles. The van der Waals surface area contributed by atoms with E-state index in [0.717, 1.165) is 19.5 Å². The summed E-state index contributed by atoms with van der Waals surface area (Å²) in [5.41, 5.74) is 0. The van der Waals surface area contributed by atoms with Crippen molar-refractivity contribution in [2.75, 3.05) is 27.2 Å².